The van der Waals surface area contributed by atoms with Crippen LogP contribution in [-0.2, 0) is 0 Å². The number of carboxylic acids is 1. The van der Waals surface area contributed by atoms with Gasteiger partial charge in [-0.2, -0.15) is 0 Å². The summed E-state index contributed by atoms with van der Waals surface area (Å²) in [5.74, 6) is -0.981. The molecule has 1 aromatic carbocycles. The van der Waals surface area contributed by atoms with Crippen molar-refractivity contribution in [3.05, 3.63) is 52.8 Å². The monoisotopic (exact) mass is 243 g/mol. The molecular weight excluding hydrogens is 230 g/mol. The van der Waals surface area contributed by atoms with Gasteiger partial charge in [0, 0.05) is 17.0 Å². The molecule has 0 aliphatic rings. The summed E-state index contributed by atoms with van der Waals surface area (Å²) in [6, 6.07) is 8.50. The van der Waals surface area contributed by atoms with Gasteiger partial charge in [0.2, 0.25) is 0 Å². The Morgan fingerprint density at radius 3 is 2.50 bits per heavy atom. The van der Waals surface area contributed by atoms with Crippen molar-refractivity contribution in [2.24, 2.45) is 0 Å². The lowest BCUT2D eigenvalue weighted by Gasteiger charge is -2.12. The molecule has 0 unspecified atom stereocenters. The van der Waals surface area contributed by atoms with Gasteiger partial charge < -0.3 is 9.67 Å². The second kappa shape index (κ2) is 4.49. The molecule has 4 nitrogen and oxygen atoms in total. The van der Waals surface area contributed by atoms with Gasteiger partial charge in [-0.05, 0) is 32.0 Å². The second-order valence-corrected chi connectivity index (χ2v) is 4.10. The van der Waals surface area contributed by atoms with E-state index in [1.54, 1.807) is 41.8 Å². The van der Waals surface area contributed by atoms with Crippen LogP contribution < -0.4 is 0 Å². The van der Waals surface area contributed by atoms with Gasteiger partial charge in [-0.1, -0.05) is 12.1 Å². The van der Waals surface area contributed by atoms with Gasteiger partial charge in [0.25, 0.3) is 0 Å². The highest BCUT2D eigenvalue weighted by atomic mass is 16.4. The van der Waals surface area contributed by atoms with Crippen LogP contribution in [0.15, 0.2) is 30.3 Å². The molecule has 0 amide bonds. The fourth-order valence-electron chi connectivity index (χ4n) is 2.13. The van der Waals surface area contributed by atoms with Crippen molar-refractivity contribution in [1.82, 2.24) is 4.57 Å². The molecule has 0 atom stereocenters. The number of benzene rings is 1. The number of hydrogen-bond donors (Lipinski definition) is 1. The minimum Gasteiger partial charge on any atom is -0.478 e. The Morgan fingerprint density at radius 1 is 1.28 bits per heavy atom. The molecule has 2 aromatic rings. The van der Waals surface area contributed by atoms with E-state index in [0.29, 0.717) is 11.3 Å². The second-order valence-electron chi connectivity index (χ2n) is 4.10. The van der Waals surface area contributed by atoms with E-state index in [1.807, 2.05) is 6.92 Å². The highest BCUT2D eigenvalue weighted by molar-refractivity contribution is 5.92. The molecule has 1 aromatic heterocycles. The average Bonchev–Trinajstić information content (AvgIpc) is 2.64. The van der Waals surface area contributed by atoms with E-state index in [2.05, 4.69) is 0 Å². The van der Waals surface area contributed by atoms with E-state index in [-0.39, 0.29) is 5.56 Å². The molecule has 0 saturated heterocycles. The molecule has 0 fully saturated rings. The van der Waals surface area contributed by atoms with Gasteiger partial charge in [0.05, 0.1) is 11.3 Å². The molecular formula is C14H13NO3. The summed E-state index contributed by atoms with van der Waals surface area (Å²) in [5, 5.41) is 9.19. The predicted octanol–water partition coefficient (Wildman–Crippen LogP) is 2.60. The number of aromatic nitrogens is 1. The number of para-hydroxylation sites is 1. The quantitative estimate of drug-likeness (QED) is 0.843. The molecule has 0 radical (unpaired) electrons. The third kappa shape index (κ3) is 1.82. The van der Waals surface area contributed by atoms with Crippen molar-refractivity contribution in [1.29, 1.82) is 0 Å². The summed E-state index contributed by atoms with van der Waals surface area (Å²) in [7, 11) is 0. The summed E-state index contributed by atoms with van der Waals surface area (Å²) in [6.07, 6.45) is 0.780. The number of aryl methyl sites for hydroxylation is 1. The molecule has 0 saturated carbocycles. The van der Waals surface area contributed by atoms with Crippen molar-refractivity contribution < 1.29 is 14.7 Å². The first-order chi connectivity index (χ1) is 8.56. The minimum atomic E-state index is -0.981. The maximum atomic E-state index is 11.2. The summed E-state index contributed by atoms with van der Waals surface area (Å²) >= 11 is 0. The van der Waals surface area contributed by atoms with Crippen LogP contribution in [0, 0.1) is 13.8 Å². The zero-order chi connectivity index (χ0) is 13.3. The van der Waals surface area contributed by atoms with Crippen molar-refractivity contribution in [2.75, 3.05) is 0 Å². The molecule has 0 spiro atoms. The highest BCUT2D eigenvalue weighted by Gasteiger charge is 2.15. The fraction of sp³-hybridized carbons (Fsp3) is 0.143. The average molecular weight is 243 g/mol. The van der Waals surface area contributed by atoms with Gasteiger partial charge in [-0.15, -0.1) is 0 Å². The van der Waals surface area contributed by atoms with E-state index < -0.39 is 5.97 Å². The third-order valence-corrected chi connectivity index (χ3v) is 2.97. The van der Waals surface area contributed by atoms with Crippen LogP contribution >= 0.6 is 0 Å². The maximum Gasteiger partial charge on any atom is 0.337 e. The van der Waals surface area contributed by atoms with Crippen molar-refractivity contribution in [2.45, 2.75) is 13.8 Å². The largest absolute Gasteiger partial charge is 0.478 e. The highest BCUT2D eigenvalue weighted by Crippen LogP contribution is 2.22. The normalized spacial score (nSPS) is 10.3. The summed E-state index contributed by atoms with van der Waals surface area (Å²) < 4.78 is 1.78. The molecule has 1 heterocycles. The van der Waals surface area contributed by atoms with Crippen LogP contribution in [-0.4, -0.2) is 21.9 Å². The zero-order valence-electron chi connectivity index (χ0n) is 10.2. The lowest BCUT2D eigenvalue weighted by Crippen LogP contribution is -2.07. The Labute approximate surface area is 104 Å². The van der Waals surface area contributed by atoms with E-state index in [9.17, 15) is 14.7 Å². The maximum absolute atomic E-state index is 11.2. The SMILES string of the molecule is Cc1cc(C=O)c(C)n1-c1ccccc1C(=O)O. The first-order valence-corrected chi connectivity index (χ1v) is 5.53. The van der Waals surface area contributed by atoms with Crippen molar-refractivity contribution in [3.63, 3.8) is 0 Å². The Hall–Kier alpha value is -2.36. The molecule has 4 heteroatoms. The van der Waals surface area contributed by atoms with Crippen LogP contribution in [0.4, 0.5) is 0 Å². The van der Waals surface area contributed by atoms with E-state index in [0.717, 1.165) is 17.7 Å². The molecule has 0 aliphatic heterocycles. The van der Waals surface area contributed by atoms with Crippen LogP contribution in [0.25, 0.3) is 5.69 Å². The Bertz CT molecular complexity index is 626. The van der Waals surface area contributed by atoms with E-state index in [1.165, 1.54) is 0 Å². The molecule has 18 heavy (non-hydrogen) atoms. The van der Waals surface area contributed by atoms with Gasteiger partial charge in [-0.25, -0.2) is 4.79 Å². The molecule has 2 rings (SSSR count). The lowest BCUT2D eigenvalue weighted by molar-refractivity contribution is 0.0697. The number of carbonyl (C=O) groups excluding carboxylic acids is 1. The number of carboxylic acid groups (broad SMARTS) is 1. The number of hydrogen-bond acceptors (Lipinski definition) is 2. The molecule has 1 N–H and O–H groups in total. The molecule has 0 aliphatic carbocycles. The smallest absolute Gasteiger partial charge is 0.337 e. The number of aldehydes is 1. The van der Waals surface area contributed by atoms with Gasteiger partial charge in [0.1, 0.15) is 0 Å². The van der Waals surface area contributed by atoms with E-state index >= 15 is 0 Å². The van der Waals surface area contributed by atoms with Crippen LogP contribution in [0.2, 0.25) is 0 Å². The number of carbonyl (C=O) groups is 2. The topological polar surface area (TPSA) is 59.3 Å². The van der Waals surface area contributed by atoms with E-state index in [4.69, 9.17) is 0 Å². The Morgan fingerprint density at radius 2 is 1.94 bits per heavy atom. The first-order valence-electron chi connectivity index (χ1n) is 5.53. The molecule has 0 bridgehead atoms. The van der Waals surface area contributed by atoms with Crippen LogP contribution in [0.3, 0.4) is 0 Å². The summed E-state index contributed by atoms with van der Waals surface area (Å²) in [5.41, 5.74) is 2.96. The fourth-order valence-corrected chi connectivity index (χ4v) is 2.13. The Balaban J connectivity index is 2.73. The van der Waals surface area contributed by atoms with Gasteiger partial charge in [0.15, 0.2) is 6.29 Å². The standard InChI is InChI=1S/C14H13NO3/c1-9-7-11(8-16)10(2)15(9)13-6-4-3-5-12(13)14(17)18/h3-8H,1-2H3,(H,17,18). The number of rotatable bonds is 3. The summed E-state index contributed by atoms with van der Waals surface area (Å²) in [4.78, 5) is 22.1. The van der Waals surface area contributed by atoms with Gasteiger partial charge >= 0.3 is 5.97 Å². The number of nitrogens with zero attached hydrogens (tertiary/aromatic N) is 1. The third-order valence-electron chi connectivity index (χ3n) is 2.97. The van der Waals surface area contributed by atoms with Crippen molar-refractivity contribution >= 4 is 12.3 Å². The first kappa shape index (κ1) is 12.1. The van der Waals surface area contributed by atoms with Crippen LogP contribution in [0.1, 0.15) is 32.1 Å². The minimum absolute atomic E-state index is 0.219. The van der Waals surface area contributed by atoms with Gasteiger partial charge in [-0.3, -0.25) is 4.79 Å². The zero-order valence-corrected chi connectivity index (χ0v) is 10.2. The lowest BCUT2D eigenvalue weighted by atomic mass is 10.1. The number of aromatic carboxylic acids is 1. The molecule has 92 valence electrons. The Kier molecular flexibility index (Phi) is 3.02. The van der Waals surface area contributed by atoms with Crippen LogP contribution in [0.5, 0.6) is 0 Å². The van der Waals surface area contributed by atoms with Crippen molar-refractivity contribution in [3.8, 4) is 5.69 Å². The summed E-state index contributed by atoms with van der Waals surface area (Å²) in [6.45, 7) is 3.65. The predicted molar refractivity (Wildman–Crippen MR) is 67.6 cm³/mol.